The number of ether oxygens (including phenoxy) is 1. The molecule has 0 aliphatic carbocycles. The van der Waals surface area contributed by atoms with Crippen molar-refractivity contribution in [3.05, 3.63) is 15.6 Å². The molecule has 1 aromatic heterocycles. The van der Waals surface area contributed by atoms with E-state index in [0.29, 0.717) is 6.04 Å². The zero-order chi connectivity index (χ0) is 11.4. The van der Waals surface area contributed by atoms with Crippen LogP contribution in [-0.2, 0) is 11.3 Å². The molecule has 1 aliphatic heterocycles. The normalized spacial score (nSPS) is 21.2. The molecule has 0 unspecified atom stereocenters. The number of aromatic nitrogens is 1. The Morgan fingerprint density at radius 1 is 1.44 bits per heavy atom. The molecule has 1 saturated heterocycles. The lowest BCUT2D eigenvalue weighted by Crippen LogP contribution is -2.37. The molecule has 1 aliphatic rings. The third-order valence-corrected chi connectivity index (χ3v) is 4.01. The Bertz CT molecular complexity index is 332. The molecule has 0 radical (unpaired) electrons. The summed E-state index contributed by atoms with van der Waals surface area (Å²) in [5, 5.41) is 4.62. The first kappa shape index (κ1) is 12.0. The molecule has 0 bridgehead atoms. The van der Waals surface area contributed by atoms with Crippen molar-refractivity contribution in [2.45, 2.75) is 45.8 Å². The summed E-state index contributed by atoms with van der Waals surface area (Å²) >= 11 is 1.74. The summed E-state index contributed by atoms with van der Waals surface area (Å²) in [6.07, 6.45) is 3.89. The van der Waals surface area contributed by atoms with Gasteiger partial charge in [0, 0.05) is 6.04 Å². The van der Waals surface area contributed by atoms with Gasteiger partial charge >= 0.3 is 0 Å². The van der Waals surface area contributed by atoms with Crippen molar-refractivity contribution >= 4 is 11.3 Å². The first-order valence-corrected chi connectivity index (χ1v) is 6.81. The molecule has 1 N–H and O–H groups in total. The van der Waals surface area contributed by atoms with Crippen LogP contribution in [0.25, 0.3) is 0 Å². The van der Waals surface area contributed by atoms with Crippen LogP contribution in [-0.4, -0.2) is 24.2 Å². The van der Waals surface area contributed by atoms with Gasteiger partial charge in [0.2, 0.25) is 0 Å². The molecule has 1 aromatic rings. The largest absolute Gasteiger partial charge is 0.374 e. The van der Waals surface area contributed by atoms with Gasteiger partial charge in [-0.1, -0.05) is 6.42 Å². The third kappa shape index (κ3) is 3.27. The predicted octanol–water partition coefficient (Wildman–Crippen LogP) is 2.42. The van der Waals surface area contributed by atoms with Gasteiger partial charge in [0.05, 0.1) is 28.8 Å². The van der Waals surface area contributed by atoms with E-state index in [0.717, 1.165) is 30.5 Å². The van der Waals surface area contributed by atoms with E-state index >= 15 is 0 Å². The van der Waals surface area contributed by atoms with Gasteiger partial charge in [0.1, 0.15) is 0 Å². The highest BCUT2D eigenvalue weighted by Crippen LogP contribution is 2.18. The zero-order valence-electron chi connectivity index (χ0n) is 10.1. The van der Waals surface area contributed by atoms with Gasteiger partial charge in [0.15, 0.2) is 0 Å². The SMILES string of the molecule is Cc1nc(C)c(COC[C@@H]2CCCCN2)s1. The fraction of sp³-hybridized carbons (Fsp3) is 0.750. The summed E-state index contributed by atoms with van der Waals surface area (Å²) in [4.78, 5) is 5.67. The first-order valence-electron chi connectivity index (χ1n) is 6.00. The first-order chi connectivity index (χ1) is 7.75. The molecule has 0 amide bonds. The fourth-order valence-corrected chi connectivity index (χ4v) is 2.94. The molecule has 0 spiro atoms. The molecule has 16 heavy (non-hydrogen) atoms. The van der Waals surface area contributed by atoms with E-state index in [1.165, 1.54) is 24.1 Å². The summed E-state index contributed by atoms with van der Waals surface area (Å²) in [6.45, 7) is 6.80. The van der Waals surface area contributed by atoms with Crippen LogP contribution in [0.1, 0.15) is 34.8 Å². The molecule has 2 rings (SSSR count). The number of hydrogen-bond donors (Lipinski definition) is 1. The Morgan fingerprint density at radius 3 is 2.94 bits per heavy atom. The van der Waals surface area contributed by atoms with Crippen LogP contribution in [0.5, 0.6) is 0 Å². The number of rotatable bonds is 4. The molecule has 1 atom stereocenters. The number of hydrogen-bond acceptors (Lipinski definition) is 4. The lowest BCUT2D eigenvalue weighted by molar-refractivity contribution is 0.0924. The monoisotopic (exact) mass is 240 g/mol. The van der Waals surface area contributed by atoms with Crippen molar-refractivity contribution in [3.8, 4) is 0 Å². The third-order valence-electron chi connectivity index (χ3n) is 2.96. The molecule has 0 aromatic carbocycles. The van der Waals surface area contributed by atoms with Crippen LogP contribution in [0.3, 0.4) is 0 Å². The molecule has 4 heteroatoms. The summed E-state index contributed by atoms with van der Waals surface area (Å²) in [5.74, 6) is 0. The Balaban J connectivity index is 1.73. The smallest absolute Gasteiger partial charge is 0.0900 e. The zero-order valence-corrected chi connectivity index (χ0v) is 10.9. The van der Waals surface area contributed by atoms with Gasteiger partial charge in [-0.25, -0.2) is 4.98 Å². The highest BCUT2D eigenvalue weighted by molar-refractivity contribution is 7.11. The lowest BCUT2D eigenvalue weighted by Gasteiger charge is -2.23. The van der Waals surface area contributed by atoms with Gasteiger partial charge in [-0.3, -0.25) is 0 Å². The van der Waals surface area contributed by atoms with Gasteiger partial charge in [-0.2, -0.15) is 0 Å². The molecule has 0 saturated carbocycles. The summed E-state index contributed by atoms with van der Waals surface area (Å²) < 4.78 is 5.76. The second-order valence-corrected chi connectivity index (χ2v) is 5.69. The molecule has 3 nitrogen and oxygen atoms in total. The minimum Gasteiger partial charge on any atom is -0.374 e. The van der Waals surface area contributed by atoms with Crippen molar-refractivity contribution in [3.63, 3.8) is 0 Å². The van der Waals surface area contributed by atoms with Gasteiger partial charge in [-0.15, -0.1) is 11.3 Å². The van der Waals surface area contributed by atoms with Crippen molar-refractivity contribution < 1.29 is 4.74 Å². The highest BCUT2D eigenvalue weighted by Gasteiger charge is 2.13. The predicted molar refractivity (Wildman–Crippen MR) is 66.9 cm³/mol. The molecular formula is C12H20N2OS. The number of nitrogens with one attached hydrogen (secondary N) is 1. The second-order valence-electron chi connectivity index (χ2n) is 4.40. The molecule has 1 fully saturated rings. The second kappa shape index (κ2) is 5.75. The van der Waals surface area contributed by atoms with E-state index in [4.69, 9.17) is 4.74 Å². The van der Waals surface area contributed by atoms with Crippen LogP contribution >= 0.6 is 11.3 Å². The van der Waals surface area contributed by atoms with E-state index in [9.17, 15) is 0 Å². The van der Waals surface area contributed by atoms with E-state index in [-0.39, 0.29) is 0 Å². The Labute approximate surface area is 101 Å². The maximum absolute atomic E-state index is 5.76. The van der Waals surface area contributed by atoms with Gasteiger partial charge in [0.25, 0.3) is 0 Å². The van der Waals surface area contributed by atoms with Crippen LogP contribution in [0.2, 0.25) is 0 Å². The Hall–Kier alpha value is -0.450. The van der Waals surface area contributed by atoms with E-state index in [2.05, 4.69) is 17.2 Å². The number of aryl methyl sites for hydroxylation is 2. The quantitative estimate of drug-likeness (QED) is 0.877. The van der Waals surface area contributed by atoms with Crippen molar-refractivity contribution in [1.82, 2.24) is 10.3 Å². The van der Waals surface area contributed by atoms with Crippen molar-refractivity contribution in [2.75, 3.05) is 13.2 Å². The number of piperidine rings is 1. The Morgan fingerprint density at radius 2 is 2.31 bits per heavy atom. The molecule has 90 valence electrons. The highest BCUT2D eigenvalue weighted by atomic mass is 32.1. The average molecular weight is 240 g/mol. The van der Waals surface area contributed by atoms with E-state index in [1.54, 1.807) is 11.3 Å². The molecular weight excluding hydrogens is 220 g/mol. The minimum absolute atomic E-state index is 0.558. The van der Waals surface area contributed by atoms with Crippen LogP contribution in [0.4, 0.5) is 0 Å². The van der Waals surface area contributed by atoms with Crippen molar-refractivity contribution in [1.29, 1.82) is 0 Å². The number of nitrogens with zero attached hydrogens (tertiary/aromatic N) is 1. The summed E-state index contributed by atoms with van der Waals surface area (Å²) in [7, 11) is 0. The topological polar surface area (TPSA) is 34.1 Å². The average Bonchev–Trinajstić information content (AvgIpc) is 2.59. The van der Waals surface area contributed by atoms with Crippen LogP contribution < -0.4 is 5.32 Å². The minimum atomic E-state index is 0.558. The van der Waals surface area contributed by atoms with E-state index < -0.39 is 0 Å². The van der Waals surface area contributed by atoms with Crippen LogP contribution in [0.15, 0.2) is 0 Å². The maximum Gasteiger partial charge on any atom is 0.0900 e. The standard InChI is InChI=1S/C12H20N2OS/c1-9-12(16-10(2)14-9)8-15-7-11-5-3-4-6-13-11/h11,13H,3-8H2,1-2H3/t11-/m0/s1. The molecule has 2 heterocycles. The number of thiazole rings is 1. The Kier molecular flexibility index (Phi) is 4.32. The van der Waals surface area contributed by atoms with Gasteiger partial charge < -0.3 is 10.1 Å². The summed E-state index contributed by atoms with van der Waals surface area (Å²) in [6, 6.07) is 0.558. The van der Waals surface area contributed by atoms with Crippen molar-refractivity contribution in [2.24, 2.45) is 0 Å². The maximum atomic E-state index is 5.76. The van der Waals surface area contributed by atoms with Crippen LogP contribution in [0, 0.1) is 13.8 Å². The van der Waals surface area contributed by atoms with Gasteiger partial charge in [-0.05, 0) is 33.2 Å². The summed E-state index contributed by atoms with van der Waals surface area (Å²) in [5.41, 5.74) is 1.12. The fourth-order valence-electron chi connectivity index (χ4n) is 2.07. The lowest BCUT2D eigenvalue weighted by atomic mass is 10.1. The van der Waals surface area contributed by atoms with E-state index in [1.807, 2.05) is 6.92 Å².